The molecule has 0 unspecified atom stereocenters. The standard InChI is InChI=1S/C18H18FN3O4/c19-13-1-3-14(4-2-13)22-11-18(26-10-16(22)23)5-7-21(8-6-18)17(24)15-9-25-12-20-15/h1-4,9,12H,5-8,10-11H2. The Hall–Kier alpha value is -2.74. The van der Waals surface area contributed by atoms with E-state index in [0.717, 1.165) is 0 Å². The largest absolute Gasteiger partial charge is 0.451 e. The summed E-state index contributed by atoms with van der Waals surface area (Å²) in [6.07, 6.45) is 3.79. The van der Waals surface area contributed by atoms with Gasteiger partial charge >= 0.3 is 0 Å². The summed E-state index contributed by atoms with van der Waals surface area (Å²) in [6.45, 7) is 1.40. The van der Waals surface area contributed by atoms with Gasteiger partial charge in [-0.05, 0) is 37.1 Å². The normalized spacial score (nSPS) is 19.8. The van der Waals surface area contributed by atoms with Crippen molar-refractivity contribution in [2.24, 2.45) is 0 Å². The zero-order valence-corrected chi connectivity index (χ0v) is 14.1. The Morgan fingerprint density at radius 2 is 1.92 bits per heavy atom. The van der Waals surface area contributed by atoms with Gasteiger partial charge in [-0.2, -0.15) is 0 Å². The maximum absolute atomic E-state index is 13.2. The summed E-state index contributed by atoms with van der Waals surface area (Å²) in [6, 6.07) is 5.86. The average Bonchev–Trinajstić information content (AvgIpc) is 3.20. The number of ether oxygens (including phenoxy) is 1. The summed E-state index contributed by atoms with van der Waals surface area (Å²) in [5.41, 5.74) is 0.442. The Balaban J connectivity index is 1.45. The molecule has 0 N–H and O–H groups in total. The number of benzene rings is 1. The van der Waals surface area contributed by atoms with Gasteiger partial charge in [-0.1, -0.05) is 0 Å². The Morgan fingerprint density at radius 3 is 2.58 bits per heavy atom. The lowest BCUT2D eigenvalue weighted by atomic mass is 9.89. The van der Waals surface area contributed by atoms with Gasteiger partial charge in [0.2, 0.25) is 0 Å². The van der Waals surface area contributed by atoms with Crippen LogP contribution < -0.4 is 4.90 Å². The van der Waals surface area contributed by atoms with Crippen LogP contribution in [0.4, 0.5) is 10.1 Å². The summed E-state index contributed by atoms with van der Waals surface area (Å²) in [5, 5.41) is 0. The van der Waals surface area contributed by atoms with Gasteiger partial charge < -0.3 is 19.0 Å². The molecule has 1 spiro atoms. The van der Waals surface area contributed by atoms with Gasteiger partial charge in [-0.25, -0.2) is 9.37 Å². The first-order valence-electron chi connectivity index (χ1n) is 8.44. The first-order valence-corrected chi connectivity index (χ1v) is 8.44. The molecule has 2 amide bonds. The quantitative estimate of drug-likeness (QED) is 0.818. The third-order valence-corrected chi connectivity index (χ3v) is 5.00. The van der Waals surface area contributed by atoms with Gasteiger partial charge in [0.05, 0.1) is 12.1 Å². The first-order chi connectivity index (χ1) is 12.6. The Labute approximate surface area is 149 Å². The zero-order valence-electron chi connectivity index (χ0n) is 14.1. The number of oxazole rings is 1. The van der Waals surface area contributed by atoms with Crippen molar-refractivity contribution >= 4 is 17.5 Å². The fraction of sp³-hybridized carbons (Fsp3) is 0.389. The number of morpholine rings is 1. The van der Waals surface area contributed by atoms with Crippen LogP contribution in [-0.2, 0) is 9.53 Å². The summed E-state index contributed by atoms with van der Waals surface area (Å²) in [7, 11) is 0. The van der Waals surface area contributed by atoms with Gasteiger partial charge in [0.25, 0.3) is 11.8 Å². The van der Waals surface area contributed by atoms with Crippen molar-refractivity contribution in [1.82, 2.24) is 9.88 Å². The number of anilines is 1. The van der Waals surface area contributed by atoms with Crippen molar-refractivity contribution in [3.05, 3.63) is 48.4 Å². The molecule has 136 valence electrons. The molecule has 0 atom stereocenters. The van der Waals surface area contributed by atoms with Crippen LogP contribution in [0, 0.1) is 5.82 Å². The van der Waals surface area contributed by atoms with Crippen molar-refractivity contribution in [3.63, 3.8) is 0 Å². The molecule has 1 aromatic carbocycles. The predicted molar refractivity (Wildman–Crippen MR) is 89.1 cm³/mol. The first kappa shape index (κ1) is 16.7. The van der Waals surface area contributed by atoms with Crippen molar-refractivity contribution in [3.8, 4) is 0 Å². The molecule has 2 aliphatic heterocycles. The molecule has 3 heterocycles. The Bertz CT molecular complexity index is 798. The SMILES string of the molecule is O=C(c1cocn1)N1CCC2(CC1)CN(c1ccc(F)cc1)C(=O)CO2. The highest BCUT2D eigenvalue weighted by Gasteiger charge is 2.43. The van der Waals surface area contributed by atoms with E-state index in [-0.39, 0.29) is 29.9 Å². The fourth-order valence-corrected chi connectivity index (χ4v) is 3.47. The molecule has 7 nitrogen and oxygen atoms in total. The van der Waals surface area contributed by atoms with Crippen molar-refractivity contribution < 1.29 is 23.1 Å². The fourth-order valence-electron chi connectivity index (χ4n) is 3.47. The Morgan fingerprint density at radius 1 is 1.19 bits per heavy atom. The number of carbonyl (C=O) groups excluding carboxylic acids is 2. The molecule has 1 aromatic heterocycles. The molecule has 0 saturated carbocycles. The molecule has 8 heteroatoms. The minimum Gasteiger partial charge on any atom is -0.451 e. The summed E-state index contributed by atoms with van der Waals surface area (Å²) >= 11 is 0. The maximum atomic E-state index is 13.2. The van der Waals surface area contributed by atoms with Gasteiger partial charge in [-0.15, -0.1) is 0 Å². The lowest BCUT2D eigenvalue weighted by molar-refractivity contribution is -0.143. The van der Waals surface area contributed by atoms with Gasteiger partial charge in [-0.3, -0.25) is 9.59 Å². The van der Waals surface area contributed by atoms with E-state index in [9.17, 15) is 14.0 Å². The Kier molecular flexibility index (Phi) is 4.20. The second-order valence-electron chi connectivity index (χ2n) is 6.59. The molecular weight excluding hydrogens is 341 g/mol. The third-order valence-electron chi connectivity index (χ3n) is 5.00. The van der Waals surface area contributed by atoms with E-state index in [4.69, 9.17) is 9.15 Å². The molecule has 26 heavy (non-hydrogen) atoms. The molecule has 0 aliphatic carbocycles. The lowest BCUT2D eigenvalue weighted by Gasteiger charge is -2.46. The van der Waals surface area contributed by atoms with Crippen LogP contribution in [0.5, 0.6) is 0 Å². The summed E-state index contributed by atoms with van der Waals surface area (Å²) in [5.74, 6) is -0.664. The van der Waals surface area contributed by atoms with Crippen LogP contribution in [0.25, 0.3) is 0 Å². The summed E-state index contributed by atoms with van der Waals surface area (Å²) < 4.78 is 23.9. The van der Waals surface area contributed by atoms with E-state index in [0.29, 0.717) is 38.2 Å². The van der Waals surface area contributed by atoms with Crippen LogP contribution >= 0.6 is 0 Å². The number of halogens is 1. The number of aromatic nitrogens is 1. The highest BCUT2D eigenvalue weighted by molar-refractivity contribution is 5.95. The van der Waals surface area contributed by atoms with Gasteiger partial charge in [0.1, 0.15) is 18.7 Å². The van der Waals surface area contributed by atoms with E-state index in [2.05, 4.69) is 4.98 Å². The molecule has 2 aromatic rings. The van der Waals surface area contributed by atoms with Crippen LogP contribution in [-0.4, -0.2) is 53.5 Å². The monoisotopic (exact) mass is 359 g/mol. The van der Waals surface area contributed by atoms with Crippen molar-refractivity contribution in [2.75, 3.05) is 31.1 Å². The highest BCUT2D eigenvalue weighted by atomic mass is 19.1. The van der Waals surface area contributed by atoms with E-state index >= 15 is 0 Å². The smallest absolute Gasteiger partial charge is 0.275 e. The molecule has 4 rings (SSSR count). The second kappa shape index (κ2) is 6.53. The molecular formula is C18H18FN3O4. The third kappa shape index (κ3) is 3.08. The van der Waals surface area contributed by atoms with Crippen LogP contribution in [0.3, 0.4) is 0 Å². The number of hydrogen-bond acceptors (Lipinski definition) is 5. The second-order valence-corrected chi connectivity index (χ2v) is 6.59. The molecule has 2 aliphatic rings. The van der Waals surface area contributed by atoms with Crippen LogP contribution in [0.2, 0.25) is 0 Å². The minimum absolute atomic E-state index is 0.0192. The van der Waals surface area contributed by atoms with E-state index in [1.807, 2.05) is 0 Å². The summed E-state index contributed by atoms with van der Waals surface area (Å²) in [4.78, 5) is 31.9. The van der Waals surface area contributed by atoms with E-state index < -0.39 is 5.60 Å². The van der Waals surface area contributed by atoms with E-state index in [1.165, 1.54) is 24.8 Å². The van der Waals surface area contributed by atoms with E-state index in [1.54, 1.807) is 21.9 Å². The number of carbonyl (C=O) groups is 2. The minimum atomic E-state index is -0.497. The average molecular weight is 359 g/mol. The van der Waals surface area contributed by atoms with Crippen molar-refractivity contribution in [2.45, 2.75) is 18.4 Å². The lowest BCUT2D eigenvalue weighted by Crippen LogP contribution is -2.59. The van der Waals surface area contributed by atoms with Crippen LogP contribution in [0.15, 0.2) is 41.3 Å². The number of nitrogens with zero attached hydrogens (tertiary/aromatic N) is 3. The van der Waals surface area contributed by atoms with Crippen LogP contribution in [0.1, 0.15) is 23.3 Å². The van der Waals surface area contributed by atoms with Gasteiger partial charge in [0, 0.05) is 18.8 Å². The molecule has 2 fully saturated rings. The predicted octanol–water partition coefficient (Wildman–Crippen LogP) is 1.85. The number of rotatable bonds is 2. The topological polar surface area (TPSA) is 75.9 Å². The molecule has 0 bridgehead atoms. The number of likely N-dealkylation sites (tertiary alicyclic amines) is 1. The number of piperidine rings is 1. The molecule has 2 saturated heterocycles. The highest BCUT2D eigenvalue weighted by Crippen LogP contribution is 2.33. The molecule has 0 radical (unpaired) electrons. The number of hydrogen-bond donors (Lipinski definition) is 0. The maximum Gasteiger partial charge on any atom is 0.275 e. The van der Waals surface area contributed by atoms with Crippen molar-refractivity contribution in [1.29, 1.82) is 0 Å². The van der Waals surface area contributed by atoms with Gasteiger partial charge in [0.15, 0.2) is 12.1 Å². The zero-order chi connectivity index (χ0) is 18.1. The number of amides is 2.